The van der Waals surface area contributed by atoms with E-state index in [4.69, 9.17) is 21.3 Å². The molecule has 1 aliphatic rings. The Labute approximate surface area is 168 Å². The molecule has 2 heterocycles. The topological polar surface area (TPSA) is 67.4 Å². The van der Waals surface area contributed by atoms with E-state index in [9.17, 15) is 4.79 Å². The molecular weight excluding hydrogens is 376 g/mol. The molecule has 7 heteroatoms. The molecule has 0 unspecified atom stereocenters. The Morgan fingerprint density at radius 1 is 1.18 bits per heavy atom. The lowest BCUT2D eigenvalue weighted by molar-refractivity contribution is 0.206. The third kappa shape index (κ3) is 3.77. The van der Waals surface area contributed by atoms with Crippen LogP contribution >= 0.6 is 11.6 Å². The standard InChI is InChI=1S/C21H19ClN4O2/c1-28-16-8-6-14(7-9-16)20-23-12-15-13-26(11-10-18(15)24-20)21(27)25-19-5-3-2-4-17(19)22/h2-9,12H,10-11,13H2,1H3,(H,25,27). The van der Waals surface area contributed by atoms with Crippen LogP contribution < -0.4 is 10.1 Å². The zero-order valence-corrected chi connectivity index (χ0v) is 16.1. The first-order valence-corrected chi connectivity index (χ1v) is 9.31. The van der Waals surface area contributed by atoms with Gasteiger partial charge in [-0.25, -0.2) is 14.8 Å². The molecule has 142 valence electrons. The van der Waals surface area contributed by atoms with E-state index < -0.39 is 0 Å². The van der Waals surface area contributed by atoms with Crippen LogP contribution in [0.3, 0.4) is 0 Å². The van der Waals surface area contributed by atoms with Crippen LogP contribution in [-0.2, 0) is 13.0 Å². The number of fused-ring (bicyclic) bond motifs is 1. The Morgan fingerprint density at radius 3 is 2.71 bits per heavy atom. The van der Waals surface area contributed by atoms with E-state index >= 15 is 0 Å². The maximum absolute atomic E-state index is 12.6. The molecule has 1 aliphatic heterocycles. The van der Waals surface area contributed by atoms with Gasteiger partial charge in [-0.2, -0.15) is 0 Å². The van der Waals surface area contributed by atoms with Crippen LogP contribution in [0.5, 0.6) is 5.75 Å². The van der Waals surface area contributed by atoms with E-state index in [1.54, 1.807) is 30.3 Å². The van der Waals surface area contributed by atoms with Crippen LogP contribution in [0.4, 0.5) is 10.5 Å². The summed E-state index contributed by atoms with van der Waals surface area (Å²) in [6, 6.07) is 14.7. The number of methoxy groups -OCH3 is 1. The summed E-state index contributed by atoms with van der Waals surface area (Å²) in [5.74, 6) is 1.47. The third-order valence-corrected chi connectivity index (χ3v) is 5.01. The van der Waals surface area contributed by atoms with Crippen molar-refractivity contribution in [1.29, 1.82) is 0 Å². The second-order valence-electron chi connectivity index (χ2n) is 6.48. The predicted octanol–water partition coefficient (Wildman–Crippen LogP) is 4.40. The number of urea groups is 1. The van der Waals surface area contributed by atoms with Crippen LogP contribution in [0.15, 0.2) is 54.7 Å². The molecule has 0 fully saturated rings. The average molecular weight is 395 g/mol. The summed E-state index contributed by atoms with van der Waals surface area (Å²) in [5, 5.41) is 3.38. The van der Waals surface area contributed by atoms with Gasteiger partial charge in [-0.1, -0.05) is 23.7 Å². The monoisotopic (exact) mass is 394 g/mol. The molecule has 2 aromatic carbocycles. The highest BCUT2D eigenvalue weighted by Crippen LogP contribution is 2.24. The van der Waals surface area contributed by atoms with Gasteiger partial charge >= 0.3 is 6.03 Å². The minimum absolute atomic E-state index is 0.182. The van der Waals surface area contributed by atoms with E-state index in [0.29, 0.717) is 36.0 Å². The van der Waals surface area contributed by atoms with Gasteiger partial charge in [0.1, 0.15) is 5.75 Å². The quantitative estimate of drug-likeness (QED) is 0.715. The number of halogens is 1. The molecule has 0 aliphatic carbocycles. The van der Waals surface area contributed by atoms with Gasteiger partial charge in [0.2, 0.25) is 0 Å². The number of nitrogens with zero attached hydrogens (tertiary/aromatic N) is 3. The summed E-state index contributed by atoms with van der Waals surface area (Å²) in [4.78, 5) is 23.5. The van der Waals surface area contributed by atoms with Crippen LogP contribution in [0.2, 0.25) is 5.02 Å². The molecule has 3 aromatic rings. The number of amides is 2. The molecule has 0 radical (unpaired) electrons. The number of aromatic nitrogens is 2. The van der Waals surface area contributed by atoms with Crippen molar-refractivity contribution in [2.24, 2.45) is 0 Å². The van der Waals surface area contributed by atoms with Crippen molar-refractivity contribution in [2.75, 3.05) is 19.0 Å². The zero-order chi connectivity index (χ0) is 19.5. The summed E-state index contributed by atoms with van der Waals surface area (Å²) in [7, 11) is 1.64. The Balaban J connectivity index is 1.48. The normalized spacial score (nSPS) is 13.0. The number of nitrogens with one attached hydrogen (secondary N) is 1. The third-order valence-electron chi connectivity index (χ3n) is 4.68. The number of hydrogen-bond acceptors (Lipinski definition) is 4. The largest absolute Gasteiger partial charge is 0.497 e. The molecule has 6 nitrogen and oxygen atoms in total. The Kier molecular flexibility index (Phi) is 5.12. The van der Waals surface area contributed by atoms with Crippen molar-refractivity contribution < 1.29 is 9.53 Å². The number of rotatable bonds is 3. The lowest BCUT2D eigenvalue weighted by Gasteiger charge is -2.28. The maximum atomic E-state index is 12.6. The molecule has 0 saturated heterocycles. The fourth-order valence-corrected chi connectivity index (χ4v) is 3.31. The van der Waals surface area contributed by atoms with Crippen LogP contribution in [0.1, 0.15) is 11.3 Å². The van der Waals surface area contributed by atoms with Crippen molar-refractivity contribution in [3.05, 3.63) is 71.0 Å². The summed E-state index contributed by atoms with van der Waals surface area (Å²) >= 11 is 6.12. The highest BCUT2D eigenvalue weighted by Gasteiger charge is 2.23. The van der Waals surface area contributed by atoms with Gasteiger partial charge in [-0.3, -0.25) is 0 Å². The summed E-state index contributed by atoms with van der Waals surface area (Å²) in [6.45, 7) is 1.05. The number of anilines is 1. The van der Waals surface area contributed by atoms with Crippen molar-refractivity contribution in [2.45, 2.75) is 13.0 Å². The molecule has 0 atom stereocenters. The molecule has 0 bridgehead atoms. The fourth-order valence-electron chi connectivity index (χ4n) is 3.13. The van der Waals surface area contributed by atoms with Gasteiger partial charge in [0.05, 0.1) is 30.1 Å². The lowest BCUT2D eigenvalue weighted by Crippen LogP contribution is -2.39. The van der Waals surface area contributed by atoms with Gasteiger partial charge < -0.3 is 15.0 Å². The number of carbonyl (C=O) groups is 1. The molecule has 1 aromatic heterocycles. The molecular formula is C21H19ClN4O2. The summed E-state index contributed by atoms with van der Waals surface area (Å²) in [6.07, 6.45) is 2.48. The zero-order valence-electron chi connectivity index (χ0n) is 15.4. The number of carbonyl (C=O) groups excluding carboxylic acids is 1. The molecule has 1 N–H and O–H groups in total. The SMILES string of the molecule is COc1ccc(-c2ncc3c(n2)CCN(C(=O)Nc2ccccc2Cl)C3)cc1. The minimum Gasteiger partial charge on any atom is -0.497 e. The molecule has 4 rings (SSSR count). The average Bonchev–Trinajstić information content (AvgIpc) is 2.74. The first kappa shape index (κ1) is 18.3. The van der Waals surface area contributed by atoms with E-state index in [1.165, 1.54) is 0 Å². The van der Waals surface area contributed by atoms with Crippen molar-refractivity contribution in [1.82, 2.24) is 14.9 Å². The fraction of sp³-hybridized carbons (Fsp3) is 0.190. The van der Waals surface area contributed by atoms with Crippen LogP contribution in [-0.4, -0.2) is 34.6 Å². The van der Waals surface area contributed by atoms with E-state index in [-0.39, 0.29) is 6.03 Å². The van der Waals surface area contributed by atoms with Crippen LogP contribution in [0, 0.1) is 0 Å². The second kappa shape index (κ2) is 7.86. The van der Waals surface area contributed by atoms with Crippen molar-refractivity contribution in [3.63, 3.8) is 0 Å². The summed E-state index contributed by atoms with van der Waals surface area (Å²) in [5.41, 5.74) is 3.47. The molecule has 2 amide bonds. The molecule has 0 spiro atoms. The van der Waals surface area contributed by atoms with Gasteiger partial charge in [0.15, 0.2) is 5.82 Å². The first-order valence-electron chi connectivity index (χ1n) is 8.94. The molecule has 28 heavy (non-hydrogen) atoms. The van der Waals surface area contributed by atoms with Gasteiger partial charge in [0, 0.05) is 30.3 Å². The van der Waals surface area contributed by atoms with Gasteiger partial charge in [-0.15, -0.1) is 0 Å². The van der Waals surface area contributed by atoms with Gasteiger partial charge in [0.25, 0.3) is 0 Å². The highest BCUT2D eigenvalue weighted by molar-refractivity contribution is 6.33. The van der Waals surface area contributed by atoms with E-state index in [0.717, 1.165) is 22.6 Å². The highest BCUT2D eigenvalue weighted by atomic mass is 35.5. The van der Waals surface area contributed by atoms with E-state index in [2.05, 4.69) is 10.3 Å². The Hall–Kier alpha value is -3.12. The number of benzene rings is 2. The Morgan fingerprint density at radius 2 is 1.96 bits per heavy atom. The van der Waals surface area contributed by atoms with Crippen LogP contribution in [0.25, 0.3) is 11.4 Å². The minimum atomic E-state index is -0.182. The first-order chi connectivity index (χ1) is 13.6. The second-order valence-corrected chi connectivity index (χ2v) is 6.88. The van der Waals surface area contributed by atoms with Gasteiger partial charge in [-0.05, 0) is 36.4 Å². The maximum Gasteiger partial charge on any atom is 0.322 e. The van der Waals surface area contributed by atoms with E-state index in [1.807, 2.05) is 36.4 Å². The summed E-state index contributed by atoms with van der Waals surface area (Å²) < 4.78 is 5.19. The number of para-hydroxylation sites is 1. The lowest BCUT2D eigenvalue weighted by atomic mass is 10.1. The van der Waals surface area contributed by atoms with Crippen molar-refractivity contribution in [3.8, 4) is 17.1 Å². The number of hydrogen-bond donors (Lipinski definition) is 1. The van der Waals surface area contributed by atoms with Crippen molar-refractivity contribution >= 4 is 23.3 Å². The Bertz CT molecular complexity index is 1010. The number of ether oxygens (including phenoxy) is 1. The molecule has 0 saturated carbocycles. The smallest absolute Gasteiger partial charge is 0.322 e. The predicted molar refractivity (Wildman–Crippen MR) is 109 cm³/mol.